The zero-order valence-corrected chi connectivity index (χ0v) is 13.7. The summed E-state index contributed by atoms with van der Waals surface area (Å²) in [6, 6.07) is 11.7. The van der Waals surface area contributed by atoms with Crippen LogP contribution in [-0.4, -0.2) is 5.78 Å². The van der Waals surface area contributed by atoms with Gasteiger partial charge in [0.05, 0.1) is 9.13 Å². The molecule has 6 heteroatoms. The van der Waals surface area contributed by atoms with Gasteiger partial charge in [-0.2, -0.15) is 13.2 Å². The molecular weight excluding hydrogens is 408 g/mol. The summed E-state index contributed by atoms with van der Waals surface area (Å²) in [5.41, 5.74) is -0.433. The van der Waals surface area contributed by atoms with Gasteiger partial charge in [-0.1, -0.05) is 30.3 Å². The topological polar surface area (TPSA) is 26.3 Å². The van der Waals surface area contributed by atoms with Crippen molar-refractivity contribution in [1.29, 1.82) is 0 Å². The summed E-state index contributed by atoms with van der Waals surface area (Å²) in [6.45, 7) is 1.28. The first-order valence-corrected chi connectivity index (χ1v) is 7.46. The first-order chi connectivity index (χ1) is 10.3. The summed E-state index contributed by atoms with van der Waals surface area (Å²) in [6.07, 6.45) is -4.61. The Kier molecular flexibility index (Phi) is 5.10. The Labute approximate surface area is 139 Å². The van der Waals surface area contributed by atoms with Crippen LogP contribution < -0.4 is 4.74 Å². The smallest absolute Gasteiger partial charge is 0.418 e. The molecule has 0 radical (unpaired) electrons. The van der Waals surface area contributed by atoms with Crippen molar-refractivity contribution in [3.8, 4) is 5.75 Å². The van der Waals surface area contributed by atoms with Crippen LogP contribution in [0.1, 0.15) is 28.4 Å². The third kappa shape index (κ3) is 3.79. The lowest BCUT2D eigenvalue weighted by molar-refractivity contribution is -0.138. The molecule has 0 saturated heterocycles. The van der Waals surface area contributed by atoms with Gasteiger partial charge >= 0.3 is 6.18 Å². The van der Waals surface area contributed by atoms with E-state index in [2.05, 4.69) is 0 Å². The second-order valence-corrected chi connectivity index (χ2v) is 5.71. The van der Waals surface area contributed by atoms with Gasteiger partial charge < -0.3 is 4.74 Å². The van der Waals surface area contributed by atoms with Gasteiger partial charge in [0.1, 0.15) is 12.4 Å². The predicted octanol–water partition coefficient (Wildman–Crippen LogP) is 5.09. The van der Waals surface area contributed by atoms with Crippen LogP contribution in [0.25, 0.3) is 0 Å². The van der Waals surface area contributed by atoms with Crippen LogP contribution in [0.5, 0.6) is 5.75 Å². The molecule has 0 aliphatic heterocycles. The maximum Gasteiger partial charge on any atom is 0.418 e. The molecule has 0 aliphatic carbocycles. The monoisotopic (exact) mass is 420 g/mol. The minimum absolute atomic E-state index is 0.103. The molecule has 0 aliphatic rings. The number of hydrogen-bond acceptors (Lipinski definition) is 2. The normalized spacial score (nSPS) is 11.3. The molecule has 0 fully saturated rings. The largest absolute Gasteiger partial charge is 0.488 e. The van der Waals surface area contributed by atoms with Crippen molar-refractivity contribution < 1.29 is 22.7 Å². The molecular formula is C16H12F3IO2. The minimum Gasteiger partial charge on any atom is -0.488 e. The lowest BCUT2D eigenvalue weighted by Gasteiger charge is -2.16. The van der Waals surface area contributed by atoms with Gasteiger partial charge in [-0.3, -0.25) is 4.79 Å². The maximum absolute atomic E-state index is 13.2. The quantitative estimate of drug-likeness (QED) is 0.509. The molecule has 0 bridgehead atoms. The second kappa shape index (κ2) is 6.68. The molecule has 0 aromatic heterocycles. The summed E-state index contributed by atoms with van der Waals surface area (Å²) in [7, 11) is 0. The van der Waals surface area contributed by atoms with Gasteiger partial charge in [0.2, 0.25) is 0 Å². The Balaban J connectivity index is 2.36. The number of ether oxygens (including phenoxy) is 1. The van der Waals surface area contributed by atoms with Crippen molar-refractivity contribution in [2.75, 3.05) is 0 Å². The van der Waals surface area contributed by atoms with E-state index in [4.69, 9.17) is 4.74 Å². The number of benzene rings is 2. The fraction of sp³-hybridized carbons (Fsp3) is 0.188. The molecule has 22 heavy (non-hydrogen) atoms. The highest BCUT2D eigenvalue weighted by Crippen LogP contribution is 2.39. The van der Waals surface area contributed by atoms with Crippen LogP contribution in [-0.2, 0) is 12.8 Å². The highest BCUT2D eigenvalue weighted by molar-refractivity contribution is 14.1. The zero-order chi connectivity index (χ0) is 16.3. The number of hydrogen-bond donors (Lipinski definition) is 0. The molecule has 0 saturated carbocycles. The molecule has 0 atom stereocenters. The number of halogens is 4. The first kappa shape index (κ1) is 16.8. The third-order valence-corrected chi connectivity index (χ3v) is 4.08. The Morgan fingerprint density at radius 3 is 2.32 bits per heavy atom. The summed E-state index contributed by atoms with van der Waals surface area (Å²) in [5.74, 6) is -0.512. The second-order valence-electron chi connectivity index (χ2n) is 4.63. The predicted molar refractivity (Wildman–Crippen MR) is 84.9 cm³/mol. The number of carbonyl (C=O) groups excluding carboxylic acids is 1. The Morgan fingerprint density at radius 1 is 1.14 bits per heavy atom. The Hall–Kier alpha value is -1.57. The first-order valence-electron chi connectivity index (χ1n) is 6.38. The molecule has 0 heterocycles. The van der Waals surface area contributed by atoms with Crippen LogP contribution in [0.3, 0.4) is 0 Å². The van der Waals surface area contributed by atoms with Crippen molar-refractivity contribution in [2.45, 2.75) is 19.7 Å². The van der Waals surface area contributed by atoms with Crippen LogP contribution in [0.15, 0.2) is 42.5 Å². The molecule has 0 N–H and O–H groups in total. The average Bonchev–Trinajstić information content (AvgIpc) is 2.45. The van der Waals surface area contributed by atoms with E-state index in [-0.39, 0.29) is 21.5 Å². The van der Waals surface area contributed by atoms with Crippen LogP contribution >= 0.6 is 22.6 Å². The van der Waals surface area contributed by atoms with Crippen molar-refractivity contribution in [1.82, 2.24) is 0 Å². The highest BCUT2D eigenvalue weighted by atomic mass is 127. The number of alkyl halides is 3. The van der Waals surface area contributed by atoms with E-state index in [0.29, 0.717) is 0 Å². The fourth-order valence-corrected chi connectivity index (χ4v) is 2.91. The molecule has 0 unspecified atom stereocenters. The third-order valence-electron chi connectivity index (χ3n) is 3.01. The van der Waals surface area contributed by atoms with Crippen LogP contribution in [0, 0.1) is 3.57 Å². The molecule has 0 amide bonds. The summed E-state index contributed by atoms with van der Waals surface area (Å²) >= 11 is 1.57. The van der Waals surface area contributed by atoms with E-state index in [9.17, 15) is 18.0 Å². The lowest BCUT2D eigenvalue weighted by Crippen LogP contribution is -2.15. The minimum atomic E-state index is -4.61. The molecule has 0 spiro atoms. The van der Waals surface area contributed by atoms with Gasteiger partial charge in [0.15, 0.2) is 5.78 Å². The molecule has 2 aromatic carbocycles. The van der Waals surface area contributed by atoms with Gasteiger partial charge in [-0.05, 0) is 47.2 Å². The van der Waals surface area contributed by atoms with Gasteiger partial charge in [0.25, 0.3) is 0 Å². The van der Waals surface area contributed by atoms with Gasteiger partial charge in [-0.25, -0.2) is 0 Å². The summed E-state index contributed by atoms with van der Waals surface area (Å²) < 4.78 is 45.0. The standard InChI is InChI=1S/C16H12F3IO2/c1-10(21)12-7-8-13(15(20)14(12)16(17,18)19)22-9-11-5-3-2-4-6-11/h2-8H,9H2,1H3. The van der Waals surface area contributed by atoms with Crippen molar-refractivity contribution in [2.24, 2.45) is 0 Å². The van der Waals surface area contributed by atoms with E-state index in [1.807, 2.05) is 30.3 Å². The number of carbonyl (C=O) groups is 1. The van der Waals surface area contributed by atoms with Gasteiger partial charge in [-0.15, -0.1) is 0 Å². The van der Waals surface area contributed by atoms with E-state index >= 15 is 0 Å². The highest BCUT2D eigenvalue weighted by Gasteiger charge is 2.38. The number of rotatable bonds is 4. The molecule has 116 valence electrons. The lowest BCUT2D eigenvalue weighted by atomic mass is 10.0. The van der Waals surface area contributed by atoms with E-state index in [0.717, 1.165) is 18.6 Å². The molecule has 2 rings (SSSR count). The molecule has 2 aromatic rings. The van der Waals surface area contributed by atoms with Crippen molar-refractivity contribution in [3.63, 3.8) is 0 Å². The molecule has 2 nitrogen and oxygen atoms in total. The zero-order valence-electron chi connectivity index (χ0n) is 11.6. The van der Waals surface area contributed by atoms with Crippen molar-refractivity contribution in [3.05, 3.63) is 62.7 Å². The van der Waals surface area contributed by atoms with E-state index < -0.39 is 17.5 Å². The van der Waals surface area contributed by atoms with Crippen LogP contribution in [0.2, 0.25) is 0 Å². The number of Topliss-reactive ketones (excluding diaryl/α,β-unsaturated/α-hetero) is 1. The number of ketones is 1. The Bertz CT molecular complexity index is 682. The maximum atomic E-state index is 13.2. The fourth-order valence-electron chi connectivity index (χ4n) is 1.97. The SMILES string of the molecule is CC(=O)c1ccc(OCc2ccccc2)c(I)c1C(F)(F)F. The summed E-state index contributed by atoms with van der Waals surface area (Å²) in [4.78, 5) is 11.4. The van der Waals surface area contributed by atoms with Crippen molar-refractivity contribution >= 4 is 28.4 Å². The summed E-state index contributed by atoms with van der Waals surface area (Å²) in [5, 5.41) is 0. The average molecular weight is 420 g/mol. The van der Waals surface area contributed by atoms with E-state index in [1.54, 1.807) is 22.6 Å². The van der Waals surface area contributed by atoms with Gasteiger partial charge in [0, 0.05) is 5.56 Å². The Morgan fingerprint density at radius 2 is 1.77 bits per heavy atom. The van der Waals surface area contributed by atoms with Crippen LogP contribution in [0.4, 0.5) is 13.2 Å². The van der Waals surface area contributed by atoms with E-state index in [1.165, 1.54) is 6.07 Å².